The second-order valence-electron chi connectivity index (χ2n) is 11.8. The van der Waals surface area contributed by atoms with Crippen molar-refractivity contribution in [2.75, 3.05) is 19.7 Å². The summed E-state index contributed by atoms with van der Waals surface area (Å²) in [7, 11) is 0. The lowest BCUT2D eigenvalue weighted by Crippen LogP contribution is -2.33. The third-order valence-corrected chi connectivity index (χ3v) is 6.95. The molecule has 0 radical (unpaired) electrons. The summed E-state index contributed by atoms with van der Waals surface area (Å²) >= 11 is 0. The Morgan fingerprint density at radius 1 is 0.588 bits per heavy atom. The molecule has 34 heavy (non-hydrogen) atoms. The molecule has 0 spiro atoms. The molecule has 0 aliphatic carbocycles. The molecule has 0 unspecified atom stereocenters. The van der Waals surface area contributed by atoms with Crippen LogP contribution in [0.1, 0.15) is 144 Å². The summed E-state index contributed by atoms with van der Waals surface area (Å²) in [6.07, 6.45) is 20.8. The third-order valence-electron chi connectivity index (χ3n) is 6.95. The van der Waals surface area contributed by atoms with Crippen LogP contribution in [0, 0.1) is 11.8 Å². The first-order valence-corrected chi connectivity index (χ1v) is 14.9. The lowest BCUT2D eigenvalue weighted by molar-refractivity contribution is 0.171. The molecule has 0 aromatic heterocycles. The molecule has 2 nitrogen and oxygen atoms in total. The van der Waals surface area contributed by atoms with Gasteiger partial charge in [-0.1, -0.05) is 117 Å². The van der Waals surface area contributed by atoms with Crippen molar-refractivity contribution in [3.8, 4) is 0 Å². The van der Waals surface area contributed by atoms with Crippen LogP contribution in [0.2, 0.25) is 0 Å². The van der Waals surface area contributed by atoms with Gasteiger partial charge in [-0.15, -0.1) is 0 Å². The van der Waals surface area contributed by atoms with Crippen LogP contribution >= 0.6 is 0 Å². The van der Waals surface area contributed by atoms with Gasteiger partial charge in [0, 0.05) is 25.6 Å². The molecule has 0 aromatic rings. The highest BCUT2D eigenvalue weighted by atomic mass is 16.5. The van der Waals surface area contributed by atoms with Crippen LogP contribution in [-0.2, 0) is 4.74 Å². The first-order chi connectivity index (χ1) is 16.2. The van der Waals surface area contributed by atoms with E-state index in [2.05, 4.69) is 59.6 Å². The van der Waals surface area contributed by atoms with Crippen molar-refractivity contribution < 1.29 is 4.74 Å². The molecular weight excluding hydrogens is 414 g/mol. The molecule has 0 aliphatic rings. The molecule has 0 aromatic carbocycles. The van der Waals surface area contributed by atoms with E-state index in [4.69, 9.17) is 4.74 Å². The molecule has 0 rings (SSSR count). The fraction of sp³-hybridized carbons (Fsp3) is 0.875. The summed E-state index contributed by atoms with van der Waals surface area (Å²) < 4.78 is 5.92. The van der Waals surface area contributed by atoms with Crippen molar-refractivity contribution in [2.24, 2.45) is 11.8 Å². The van der Waals surface area contributed by atoms with Crippen LogP contribution in [0.25, 0.3) is 0 Å². The Morgan fingerprint density at radius 2 is 1.06 bits per heavy atom. The van der Waals surface area contributed by atoms with Gasteiger partial charge >= 0.3 is 0 Å². The van der Waals surface area contributed by atoms with Crippen molar-refractivity contribution in [2.45, 2.75) is 150 Å². The smallest absolute Gasteiger partial charge is 0.0900 e. The SMILES string of the molecule is C=C(CCCCCCCCC(C)C)CCN(CCC(=C)OCCCCCCCC(C)C)C(C)C. The average molecular weight is 478 g/mol. The lowest BCUT2D eigenvalue weighted by Gasteiger charge is -2.27. The second kappa shape index (κ2) is 22.7. The molecule has 0 fully saturated rings. The Kier molecular flexibility index (Phi) is 22.2. The summed E-state index contributed by atoms with van der Waals surface area (Å²) in [5.74, 6) is 2.66. The van der Waals surface area contributed by atoms with Crippen molar-refractivity contribution in [3.05, 3.63) is 24.5 Å². The first-order valence-electron chi connectivity index (χ1n) is 14.9. The summed E-state index contributed by atoms with van der Waals surface area (Å²) in [5.41, 5.74) is 1.42. The van der Waals surface area contributed by atoms with Gasteiger partial charge in [0.1, 0.15) is 0 Å². The number of hydrogen-bond acceptors (Lipinski definition) is 2. The number of rotatable bonds is 25. The minimum atomic E-state index is 0.553. The highest BCUT2D eigenvalue weighted by molar-refractivity contribution is 4.95. The summed E-state index contributed by atoms with van der Waals surface area (Å²) in [4.78, 5) is 2.56. The molecular formula is C32H63NO. The van der Waals surface area contributed by atoms with Gasteiger partial charge in [-0.2, -0.15) is 0 Å². The molecule has 2 heteroatoms. The number of hydrogen-bond donors (Lipinski definition) is 0. The minimum Gasteiger partial charge on any atom is -0.499 e. The highest BCUT2D eigenvalue weighted by Crippen LogP contribution is 2.17. The quantitative estimate of drug-likeness (QED) is 0.0736. The highest BCUT2D eigenvalue weighted by Gasteiger charge is 2.11. The fourth-order valence-corrected chi connectivity index (χ4v) is 4.43. The molecule has 202 valence electrons. The van der Waals surface area contributed by atoms with Crippen LogP contribution in [-0.4, -0.2) is 30.6 Å². The lowest BCUT2D eigenvalue weighted by atomic mass is 10.0. The van der Waals surface area contributed by atoms with Gasteiger partial charge in [0.25, 0.3) is 0 Å². The normalized spacial score (nSPS) is 11.8. The molecule has 0 atom stereocenters. The molecule has 0 heterocycles. The van der Waals surface area contributed by atoms with Crippen molar-refractivity contribution in [3.63, 3.8) is 0 Å². The van der Waals surface area contributed by atoms with E-state index in [1.165, 1.54) is 89.0 Å². The van der Waals surface area contributed by atoms with E-state index in [-0.39, 0.29) is 0 Å². The van der Waals surface area contributed by atoms with E-state index in [0.717, 1.165) is 56.6 Å². The molecule has 0 amide bonds. The van der Waals surface area contributed by atoms with Gasteiger partial charge < -0.3 is 9.64 Å². The van der Waals surface area contributed by atoms with Gasteiger partial charge in [0.15, 0.2) is 0 Å². The van der Waals surface area contributed by atoms with Crippen LogP contribution in [0.4, 0.5) is 0 Å². The average Bonchev–Trinajstić information content (AvgIpc) is 2.76. The number of nitrogens with zero attached hydrogens (tertiary/aromatic N) is 1. The molecule has 0 bridgehead atoms. The van der Waals surface area contributed by atoms with E-state index in [1.807, 2.05) is 0 Å². The maximum Gasteiger partial charge on any atom is 0.0900 e. The van der Waals surface area contributed by atoms with Crippen LogP contribution in [0.15, 0.2) is 24.5 Å². The third kappa shape index (κ3) is 23.0. The first kappa shape index (κ1) is 33.2. The Morgan fingerprint density at radius 3 is 1.59 bits per heavy atom. The standard InChI is InChI=1S/C32H63NO/c1-28(2)20-16-12-9-10-14-18-22-31(7)23-25-33(30(5)6)26-24-32(8)34-27-19-15-11-13-17-21-29(3)4/h28-30H,7-27H2,1-6H3. The topological polar surface area (TPSA) is 12.5 Å². The second-order valence-corrected chi connectivity index (χ2v) is 11.8. The van der Waals surface area contributed by atoms with Crippen LogP contribution in [0.3, 0.4) is 0 Å². The number of ether oxygens (including phenoxy) is 1. The van der Waals surface area contributed by atoms with E-state index in [1.54, 1.807) is 0 Å². The monoisotopic (exact) mass is 477 g/mol. The Hall–Kier alpha value is -0.760. The maximum absolute atomic E-state index is 5.92. The molecule has 0 aliphatic heterocycles. The molecule has 0 N–H and O–H groups in total. The van der Waals surface area contributed by atoms with E-state index in [0.29, 0.717) is 6.04 Å². The molecule has 0 saturated carbocycles. The van der Waals surface area contributed by atoms with Crippen molar-refractivity contribution >= 4 is 0 Å². The summed E-state index contributed by atoms with van der Waals surface area (Å²) in [6.45, 7) is 25.4. The molecule has 0 saturated heterocycles. The van der Waals surface area contributed by atoms with Crippen LogP contribution in [0.5, 0.6) is 0 Å². The summed E-state index contributed by atoms with van der Waals surface area (Å²) in [5, 5.41) is 0. The summed E-state index contributed by atoms with van der Waals surface area (Å²) in [6, 6.07) is 0.553. The van der Waals surface area contributed by atoms with Gasteiger partial charge in [0.2, 0.25) is 0 Å². The van der Waals surface area contributed by atoms with Crippen molar-refractivity contribution in [1.29, 1.82) is 0 Å². The van der Waals surface area contributed by atoms with Gasteiger partial charge in [0.05, 0.1) is 12.4 Å². The predicted molar refractivity (Wildman–Crippen MR) is 154 cm³/mol. The Balaban J connectivity index is 3.77. The predicted octanol–water partition coefficient (Wildman–Crippen LogP) is 10.3. The van der Waals surface area contributed by atoms with Gasteiger partial charge in [-0.05, 0) is 51.4 Å². The van der Waals surface area contributed by atoms with E-state index in [9.17, 15) is 0 Å². The van der Waals surface area contributed by atoms with Crippen LogP contribution < -0.4 is 0 Å². The van der Waals surface area contributed by atoms with Gasteiger partial charge in [-0.25, -0.2) is 0 Å². The largest absolute Gasteiger partial charge is 0.499 e. The maximum atomic E-state index is 5.92. The van der Waals surface area contributed by atoms with Gasteiger partial charge in [-0.3, -0.25) is 0 Å². The zero-order valence-electron chi connectivity index (χ0n) is 24.4. The fourth-order valence-electron chi connectivity index (χ4n) is 4.43. The zero-order chi connectivity index (χ0) is 25.6. The van der Waals surface area contributed by atoms with E-state index < -0.39 is 0 Å². The Labute approximate surface area is 216 Å². The van der Waals surface area contributed by atoms with Crippen molar-refractivity contribution in [1.82, 2.24) is 4.90 Å². The number of unbranched alkanes of at least 4 members (excludes halogenated alkanes) is 9. The van der Waals surface area contributed by atoms with E-state index >= 15 is 0 Å². The zero-order valence-corrected chi connectivity index (χ0v) is 24.4. The Bertz CT molecular complexity index is 439. The minimum absolute atomic E-state index is 0.553.